The number of aliphatic hydroxyl groups is 1. The van der Waals surface area contributed by atoms with E-state index in [0.29, 0.717) is 35.0 Å². The van der Waals surface area contributed by atoms with E-state index >= 15 is 0 Å². The zero-order valence-electron chi connectivity index (χ0n) is 10.9. The summed E-state index contributed by atoms with van der Waals surface area (Å²) in [5.74, 6) is 1.40. The quantitative estimate of drug-likeness (QED) is 0.644. The monoisotopic (exact) mass is 333 g/mol. The third kappa shape index (κ3) is 3.20. The molecule has 0 saturated carbocycles. The number of aliphatic hydroxyl groups excluding tert-OH is 1. The van der Waals surface area contributed by atoms with E-state index in [9.17, 15) is 0 Å². The summed E-state index contributed by atoms with van der Waals surface area (Å²) in [5.41, 5.74) is 7.59. The molecule has 2 aromatic rings. The molecule has 0 aliphatic heterocycles. The van der Waals surface area contributed by atoms with Gasteiger partial charge in [-0.3, -0.25) is 0 Å². The van der Waals surface area contributed by atoms with Crippen LogP contribution < -0.4 is 10.3 Å². The van der Waals surface area contributed by atoms with E-state index in [-0.39, 0.29) is 6.61 Å². The smallest absolute Gasteiger partial charge is 0.333 e. The summed E-state index contributed by atoms with van der Waals surface area (Å²) in [6.07, 6.45) is 2.24. The van der Waals surface area contributed by atoms with Gasteiger partial charge in [0.05, 0.1) is 10.4 Å². The van der Waals surface area contributed by atoms with Gasteiger partial charge in [0.2, 0.25) is 5.69 Å². The summed E-state index contributed by atoms with van der Waals surface area (Å²) in [6, 6.07) is 0. The Morgan fingerprint density at radius 2 is 2.25 bits per heavy atom. The van der Waals surface area contributed by atoms with E-state index in [1.54, 1.807) is 13.1 Å². The van der Waals surface area contributed by atoms with E-state index in [2.05, 4.69) is 9.97 Å². The molecule has 108 valence electrons. The van der Waals surface area contributed by atoms with Gasteiger partial charge in [-0.25, -0.2) is 9.97 Å². The van der Waals surface area contributed by atoms with Gasteiger partial charge in [-0.1, -0.05) is 11.3 Å². The topological polar surface area (TPSA) is 75.9 Å². The molecule has 0 atom stereocenters. The lowest BCUT2D eigenvalue weighted by Gasteiger charge is -2.03. The molecule has 0 radical (unpaired) electrons. The molecular weight excluding hydrogens is 319 g/mol. The van der Waals surface area contributed by atoms with Gasteiger partial charge in [0.15, 0.2) is 6.54 Å². The minimum atomic E-state index is 0.0660. The van der Waals surface area contributed by atoms with E-state index in [0.717, 1.165) is 16.1 Å². The maximum Gasteiger partial charge on any atom is 0.333 e. The fourth-order valence-corrected chi connectivity index (χ4v) is 3.69. The van der Waals surface area contributed by atoms with Crippen molar-refractivity contribution in [3.05, 3.63) is 32.6 Å². The van der Waals surface area contributed by atoms with Crippen LogP contribution in [0, 0.1) is 6.92 Å². The molecule has 0 aliphatic carbocycles. The van der Waals surface area contributed by atoms with Gasteiger partial charge < -0.3 is 10.8 Å². The van der Waals surface area contributed by atoms with Crippen molar-refractivity contribution < 1.29 is 9.67 Å². The highest BCUT2D eigenvalue weighted by atomic mass is 35.5. The lowest BCUT2D eigenvalue weighted by atomic mass is 10.2. The Morgan fingerprint density at radius 1 is 1.50 bits per heavy atom. The van der Waals surface area contributed by atoms with Crippen molar-refractivity contribution >= 4 is 40.4 Å². The number of aromatic nitrogens is 3. The Kier molecular flexibility index (Phi) is 5.15. The fraction of sp³-hybridized carbons (Fsp3) is 0.417. The van der Waals surface area contributed by atoms with Crippen molar-refractivity contribution in [3.63, 3.8) is 0 Å². The normalized spacial score (nSPS) is 11.0. The zero-order chi connectivity index (χ0) is 14.7. The predicted molar refractivity (Wildman–Crippen MR) is 80.2 cm³/mol. The average Bonchev–Trinajstić information content (AvgIpc) is 2.69. The number of nitrogens with two attached hydrogens (primary N) is 1. The number of thiazole rings is 1. The van der Waals surface area contributed by atoms with Crippen LogP contribution in [-0.4, -0.2) is 21.7 Å². The van der Waals surface area contributed by atoms with Crippen LogP contribution in [0.25, 0.3) is 0 Å². The zero-order valence-corrected chi connectivity index (χ0v) is 13.3. The van der Waals surface area contributed by atoms with Gasteiger partial charge in [-0.2, -0.15) is 4.57 Å². The van der Waals surface area contributed by atoms with Gasteiger partial charge in [0.1, 0.15) is 17.5 Å². The molecule has 20 heavy (non-hydrogen) atoms. The maximum atomic E-state index is 9.08. The second-order valence-electron chi connectivity index (χ2n) is 4.25. The SMILES string of the molecule is Cc1ncc(C[n+]2c(Cl)sc(CCO)c2CCl)c(N)n1. The third-order valence-corrected chi connectivity index (χ3v) is 4.64. The number of halogens is 2. The first-order valence-electron chi connectivity index (χ1n) is 6.01. The first kappa shape index (κ1) is 15.4. The molecular formula is C12H15Cl2N4OS+. The molecule has 5 nitrogen and oxygen atoms in total. The van der Waals surface area contributed by atoms with Crippen LogP contribution in [0.5, 0.6) is 0 Å². The number of alkyl halides is 1. The lowest BCUT2D eigenvalue weighted by Crippen LogP contribution is -2.38. The fourth-order valence-electron chi connectivity index (χ4n) is 1.88. The van der Waals surface area contributed by atoms with Crippen molar-refractivity contribution in [2.45, 2.75) is 25.8 Å². The van der Waals surface area contributed by atoms with Crippen LogP contribution >= 0.6 is 34.5 Å². The molecule has 8 heteroatoms. The van der Waals surface area contributed by atoms with Gasteiger partial charge in [-0.15, -0.1) is 11.6 Å². The number of hydrogen-bond acceptors (Lipinski definition) is 5. The molecule has 0 bridgehead atoms. The third-order valence-electron chi connectivity index (χ3n) is 2.88. The Labute approximate surface area is 131 Å². The first-order valence-corrected chi connectivity index (χ1v) is 7.74. The maximum absolute atomic E-state index is 9.08. The van der Waals surface area contributed by atoms with Crippen LogP contribution in [0.3, 0.4) is 0 Å². The highest BCUT2D eigenvalue weighted by Gasteiger charge is 2.25. The molecule has 3 N–H and O–H groups in total. The van der Waals surface area contributed by atoms with E-state index < -0.39 is 0 Å². The number of anilines is 1. The minimum Gasteiger partial charge on any atom is -0.396 e. The molecule has 0 unspecified atom stereocenters. The second kappa shape index (κ2) is 6.67. The summed E-state index contributed by atoms with van der Waals surface area (Å²) >= 11 is 13.7. The van der Waals surface area contributed by atoms with E-state index in [1.807, 2.05) is 4.57 Å². The summed E-state index contributed by atoms with van der Waals surface area (Å²) in [4.78, 5) is 9.27. The Morgan fingerprint density at radius 3 is 2.85 bits per heavy atom. The van der Waals surface area contributed by atoms with Gasteiger partial charge >= 0.3 is 4.47 Å². The van der Waals surface area contributed by atoms with E-state index in [4.69, 9.17) is 34.0 Å². The van der Waals surface area contributed by atoms with Gasteiger partial charge in [-0.05, 0) is 6.92 Å². The standard InChI is InChI=1S/C12H15Cl2N4OS/c1-7-16-5-8(11(15)17-7)6-18-9(4-13)10(2-3-19)20-12(18)14/h5,19H,2-4,6H2,1H3,(H2,15,16,17)/q+1. The second-order valence-corrected chi connectivity index (χ2v) is 6.18. The highest BCUT2D eigenvalue weighted by Crippen LogP contribution is 2.24. The molecule has 0 aliphatic rings. The van der Waals surface area contributed by atoms with E-state index in [1.165, 1.54) is 11.3 Å². The average molecular weight is 334 g/mol. The van der Waals surface area contributed by atoms with Crippen molar-refractivity contribution in [1.82, 2.24) is 9.97 Å². The molecule has 0 spiro atoms. The Bertz CT molecular complexity index is 618. The summed E-state index contributed by atoms with van der Waals surface area (Å²) in [6.45, 7) is 2.32. The molecule has 2 heterocycles. The first-order chi connectivity index (χ1) is 9.56. The summed E-state index contributed by atoms with van der Waals surface area (Å²) < 4.78 is 2.48. The molecule has 2 rings (SSSR count). The lowest BCUT2D eigenvalue weighted by molar-refractivity contribution is -0.688. The van der Waals surface area contributed by atoms with Crippen molar-refractivity contribution in [3.8, 4) is 0 Å². The van der Waals surface area contributed by atoms with Crippen LogP contribution in [0.2, 0.25) is 4.47 Å². The summed E-state index contributed by atoms with van der Waals surface area (Å²) in [7, 11) is 0. The molecule has 0 aromatic carbocycles. The molecule has 0 fully saturated rings. The van der Waals surface area contributed by atoms with Gasteiger partial charge in [0, 0.05) is 30.8 Å². The number of nitrogen functional groups attached to an aromatic ring is 1. The summed E-state index contributed by atoms with van der Waals surface area (Å²) in [5, 5.41) is 9.08. The number of nitrogens with zero attached hydrogens (tertiary/aromatic N) is 3. The van der Waals surface area contributed by atoms with Crippen molar-refractivity contribution in [2.24, 2.45) is 0 Å². The van der Waals surface area contributed by atoms with Crippen LogP contribution in [0.15, 0.2) is 6.20 Å². The van der Waals surface area contributed by atoms with Gasteiger partial charge in [0.25, 0.3) is 0 Å². The Hall–Kier alpha value is -0.950. The molecule has 0 amide bonds. The Balaban J connectivity index is 2.37. The highest BCUT2D eigenvalue weighted by molar-refractivity contribution is 7.15. The largest absolute Gasteiger partial charge is 0.396 e. The number of aryl methyl sites for hydroxylation is 1. The van der Waals surface area contributed by atoms with Crippen LogP contribution in [0.1, 0.15) is 22.0 Å². The van der Waals surface area contributed by atoms with Crippen molar-refractivity contribution in [1.29, 1.82) is 0 Å². The molecule has 2 aromatic heterocycles. The van der Waals surface area contributed by atoms with Crippen LogP contribution in [-0.2, 0) is 18.8 Å². The van der Waals surface area contributed by atoms with Crippen LogP contribution in [0.4, 0.5) is 5.82 Å². The number of hydrogen-bond donors (Lipinski definition) is 2. The predicted octanol–water partition coefficient (Wildman–Crippen LogP) is 1.69. The van der Waals surface area contributed by atoms with Crippen molar-refractivity contribution in [2.75, 3.05) is 12.3 Å². The molecule has 0 saturated heterocycles. The number of rotatable bonds is 5. The minimum absolute atomic E-state index is 0.0660.